The van der Waals surface area contributed by atoms with Gasteiger partial charge in [0.2, 0.25) is 0 Å². The van der Waals surface area contributed by atoms with E-state index in [2.05, 4.69) is 108 Å². The topological polar surface area (TPSA) is 508 Å². The molecule has 8 aliphatic carbocycles. The molecular formula is C97H176N8O26. The molecule has 0 radical (unpaired) electrons. The molecule has 10 rings (SSSR count). The van der Waals surface area contributed by atoms with Crippen LogP contribution >= 0.6 is 0 Å². The molecule has 0 aromatic carbocycles. The number of ether oxygens (including phenoxy) is 6. The molecule has 0 aromatic rings. The highest BCUT2D eigenvalue weighted by Crippen LogP contribution is 2.70. The average Bonchev–Trinajstić information content (AvgIpc) is 1.63. The van der Waals surface area contributed by atoms with Crippen molar-refractivity contribution in [2.75, 3.05) is 133 Å². The normalized spacial score (nSPS) is 35.6. The van der Waals surface area contributed by atoms with E-state index >= 15 is 0 Å². The Bertz CT molecular complexity index is 3520. The number of carbonyl (C=O) groups is 4. The van der Waals surface area contributed by atoms with E-state index in [-0.39, 0.29) is 55.7 Å². The zero-order valence-electron chi connectivity index (χ0n) is 80.5. The van der Waals surface area contributed by atoms with Gasteiger partial charge in [-0.3, -0.25) is 9.59 Å². The Morgan fingerprint density at radius 1 is 0.466 bits per heavy atom. The lowest BCUT2D eigenvalue weighted by Gasteiger charge is -2.58. The van der Waals surface area contributed by atoms with E-state index < -0.39 is 148 Å². The molecule has 4 amide bonds. The molecule has 6 saturated carbocycles. The number of rotatable bonds is 46. The molecule has 34 unspecified atom stereocenters. The number of likely N-dealkylation sites (N-methyl/N-ethyl adjacent to an activating group) is 4. The van der Waals surface area contributed by atoms with Gasteiger partial charge in [0.1, 0.15) is 97.7 Å². The van der Waals surface area contributed by atoms with Gasteiger partial charge in [-0.1, -0.05) is 138 Å². The summed E-state index contributed by atoms with van der Waals surface area (Å²) >= 11 is 0. The second-order valence-electron chi connectivity index (χ2n) is 42.6. The van der Waals surface area contributed by atoms with E-state index in [0.717, 1.165) is 110 Å². The third kappa shape index (κ3) is 27.8. The number of aliphatic hydroxyl groups excluding tert-OH is 16. The number of hydrogen-bond donors (Lipinski definition) is 20. The van der Waals surface area contributed by atoms with E-state index in [9.17, 15) is 101 Å². The highest BCUT2D eigenvalue weighted by atomic mass is 16.7. The van der Waals surface area contributed by atoms with Crippen molar-refractivity contribution in [3.05, 3.63) is 23.3 Å². The molecule has 2 saturated heterocycles. The van der Waals surface area contributed by atoms with Crippen molar-refractivity contribution < 1.29 is 129 Å². The van der Waals surface area contributed by atoms with Crippen molar-refractivity contribution in [3.8, 4) is 0 Å². The van der Waals surface area contributed by atoms with Gasteiger partial charge in [-0.15, -0.1) is 0 Å². The number of aliphatic hydroxyl groups is 16. The van der Waals surface area contributed by atoms with Crippen LogP contribution in [0, 0.1) is 92.7 Å². The lowest BCUT2D eigenvalue weighted by molar-refractivity contribution is -0.326. The fourth-order valence-corrected chi connectivity index (χ4v) is 25.1. The lowest BCUT2D eigenvalue weighted by atomic mass is 9.47. The van der Waals surface area contributed by atoms with Gasteiger partial charge in [0.25, 0.3) is 11.8 Å². The zero-order valence-corrected chi connectivity index (χ0v) is 80.5. The number of nitrogens with zero attached hydrogens (tertiary/aromatic N) is 4. The van der Waals surface area contributed by atoms with Crippen LogP contribution in [0.25, 0.3) is 0 Å². The number of nitrogens with one attached hydrogen (secondary N) is 4. The van der Waals surface area contributed by atoms with Gasteiger partial charge in [-0.05, 0) is 211 Å². The van der Waals surface area contributed by atoms with Gasteiger partial charge < -0.3 is 151 Å². The Balaban J connectivity index is 0.000000321. The second-order valence-corrected chi connectivity index (χ2v) is 42.6. The fourth-order valence-electron chi connectivity index (χ4n) is 25.1. The number of carbonyl (C=O) groups excluding carboxylic acids is 4. The van der Waals surface area contributed by atoms with Crippen molar-refractivity contribution in [2.24, 2.45) is 92.7 Å². The van der Waals surface area contributed by atoms with Crippen LogP contribution < -0.4 is 21.3 Å². The standard InChI is InChI=1S/2C48H86N4O13.CH4/c1-28(2)9-8-10-29(3)33-13-14-34-32-12-11-30-25-31(15-17-47(30,4)35(32)16-18-48(33,34)5)63-46(62)52(22-19-49-6)24-23-51(7)21-20-50-44(61)41(59)40(58)43(36(55)26-53)65-45-42(60)39(57)38(56)37(27-54)64-45;1-28(2)9-8-10-29(3)33-13-14-34-32-12-11-30-25-31(15-17-47(30,4)35(32)16-18-48(33,34)5)63-46(62)50-20-22-52(7)24-23-51(6)21-19-49-44(61)41(59)40(58)43(36(55)26-53)65-45-42(60)39(57)38(56)37(27-54)64-45;/h11,28-29,31-43,45,49,53-60H,8-10,12-27H2,1-7H3,(H,50,61);11,28-29,31-43,45,53-60H,8-10,12-27H2,1-7H3,(H,49,61)(H,50,62);1H4. The predicted octanol–water partition coefficient (Wildman–Crippen LogP) is 3.36. The highest BCUT2D eigenvalue weighted by molar-refractivity contribution is 5.81. The Kier molecular flexibility index (Phi) is 43.9. The fraction of sp³-hybridized carbons (Fsp3) is 0.918. The second kappa shape index (κ2) is 51.2. The van der Waals surface area contributed by atoms with Crippen molar-refractivity contribution in [2.45, 2.75) is 340 Å². The molecule has 34 atom stereocenters. The number of hydrogen-bond acceptors (Lipinski definition) is 30. The Morgan fingerprint density at radius 3 is 1.24 bits per heavy atom. The number of amides is 4. The summed E-state index contributed by atoms with van der Waals surface area (Å²) in [4.78, 5) is 60.0. The molecule has 0 bridgehead atoms. The largest absolute Gasteiger partial charge is 0.446 e. The van der Waals surface area contributed by atoms with Crippen molar-refractivity contribution >= 4 is 24.0 Å². The minimum Gasteiger partial charge on any atom is -0.446 e. The maximum absolute atomic E-state index is 13.7. The summed E-state index contributed by atoms with van der Waals surface area (Å²) in [7, 11) is 7.45. The average molecular weight is 1870 g/mol. The van der Waals surface area contributed by atoms with Crippen molar-refractivity contribution in [1.82, 2.24) is 40.9 Å². The Labute approximate surface area is 780 Å². The van der Waals surface area contributed by atoms with E-state index in [4.69, 9.17) is 28.4 Å². The molecule has 0 aromatic heterocycles. The van der Waals surface area contributed by atoms with Crippen LogP contribution in [0.3, 0.4) is 0 Å². The molecule has 2 aliphatic heterocycles. The maximum Gasteiger partial charge on any atom is 0.410 e. The van der Waals surface area contributed by atoms with Crippen LogP contribution in [0.5, 0.6) is 0 Å². The Morgan fingerprint density at radius 2 is 0.855 bits per heavy atom. The molecule has 34 nitrogen and oxygen atoms in total. The van der Waals surface area contributed by atoms with Gasteiger partial charge >= 0.3 is 12.2 Å². The molecule has 8 fully saturated rings. The van der Waals surface area contributed by atoms with Gasteiger partial charge in [0.05, 0.1) is 26.4 Å². The first-order chi connectivity index (χ1) is 61.5. The van der Waals surface area contributed by atoms with Gasteiger partial charge in [-0.2, -0.15) is 0 Å². The highest BCUT2D eigenvalue weighted by Gasteiger charge is 2.62. The summed E-state index contributed by atoms with van der Waals surface area (Å²) in [5.74, 6) is 7.33. The number of allylic oxidation sites excluding steroid dienone is 2. The van der Waals surface area contributed by atoms with Gasteiger partial charge in [0, 0.05) is 91.4 Å². The summed E-state index contributed by atoms with van der Waals surface area (Å²) in [6.45, 7) is 26.2. The molecule has 34 heteroatoms. The lowest BCUT2D eigenvalue weighted by Crippen LogP contribution is -2.62. The van der Waals surface area contributed by atoms with E-state index in [1.165, 1.54) is 107 Å². The number of fused-ring (bicyclic) bond motifs is 10. The van der Waals surface area contributed by atoms with E-state index in [0.29, 0.717) is 82.2 Å². The molecule has 0 spiro atoms. The van der Waals surface area contributed by atoms with Crippen molar-refractivity contribution in [1.29, 1.82) is 0 Å². The molecule has 2 heterocycles. The Hall–Kier alpha value is -4.00. The quantitative estimate of drug-likeness (QED) is 0.0388. The van der Waals surface area contributed by atoms with Crippen LogP contribution in [-0.4, -0.2) is 381 Å². The van der Waals surface area contributed by atoms with Crippen LogP contribution in [0.15, 0.2) is 23.3 Å². The molecule has 131 heavy (non-hydrogen) atoms. The summed E-state index contributed by atoms with van der Waals surface area (Å²) in [5, 5.41) is 173. The van der Waals surface area contributed by atoms with Gasteiger partial charge in [0.15, 0.2) is 24.8 Å². The molecular weight excluding hydrogens is 1690 g/mol. The smallest absolute Gasteiger partial charge is 0.410 e. The van der Waals surface area contributed by atoms with Crippen LogP contribution in [0.1, 0.15) is 218 Å². The predicted molar refractivity (Wildman–Crippen MR) is 493 cm³/mol. The first-order valence-electron chi connectivity index (χ1n) is 49.3. The SMILES string of the molecule is C.CC(C)CCCC(C)C1CCC2C3CC=C4CC(OC(=O)NCCN(C)CCN(C)CCNC(=O)C(O)C(O)C(OC5OC(CO)C(O)C(O)C5O)C(O)CO)CCC4(C)C3CCC12C.CNCCN(CCN(C)CCNC(=O)C(O)C(O)C(OC1OC(CO)C(O)C(O)C1O)C(O)CO)C(=O)OC1CCC2(C)C(=CCC3C2CCC2(C)C(C(C)CCCC(C)C)CCC32)C1. The number of alkyl carbamates (subject to hydrolysis) is 1. The third-order valence-corrected chi connectivity index (χ3v) is 33.2. The van der Waals surface area contributed by atoms with Crippen LogP contribution in [0.4, 0.5) is 9.59 Å². The molecule has 10 aliphatic rings. The monoisotopic (exact) mass is 1870 g/mol. The van der Waals surface area contributed by atoms with Crippen LogP contribution in [-0.2, 0) is 38.0 Å². The summed E-state index contributed by atoms with van der Waals surface area (Å²) in [6, 6.07) is 0. The minimum atomic E-state index is -2.16. The molecule has 760 valence electrons. The van der Waals surface area contributed by atoms with Gasteiger partial charge in [-0.25, -0.2) is 9.59 Å². The summed E-state index contributed by atoms with van der Waals surface area (Å²) < 4.78 is 33.5. The zero-order chi connectivity index (χ0) is 95.6. The van der Waals surface area contributed by atoms with Crippen LogP contribution in [0.2, 0.25) is 0 Å². The van der Waals surface area contributed by atoms with E-state index in [1.54, 1.807) is 4.90 Å². The first kappa shape index (κ1) is 112. The first-order valence-corrected chi connectivity index (χ1v) is 49.3. The summed E-state index contributed by atoms with van der Waals surface area (Å²) in [5.41, 5.74) is 4.23. The molecule has 20 N–H and O–H groups in total. The minimum absolute atomic E-state index is 0. The third-order valence-electron chi connectivity index (χ3n) is 33.2. The van der Waals surface area contributed by atoms with Crippen molar-refractivity contribution in [3.63, 3.8) is 0 Å². The maximum atomic E-state index is 13.7. The van der Waals surface area contributed by atoms with E-state index in [1.807, 2.05) is 38.0 Å². The summed E-state index contributed by atoms with van der Waals surface area (Å²) in [6.07, 6.45) is -2.52.